The van der Waals surface area contributed by atoms with E-state index in [1.807, 2.05) is 60.8 Å². The number of allylic oxidation sites excluding steroid dienone is 2. The van der Waals surface area contributed by atoms with Gasteiger partial charge in [-0.3, -0.25) is 0 Å². The molecule has 2 aromatic rings. The van der Waals surface area contributed by atoms with Crippen molar-refractivity contribution in [1.29, 1.82) is 0 Å². The first kappa shape index (κ1) is 46.0. The molecule has 268 valence electrons. The number of aryl methyl sites for hydroxylation is 1. The van der Waals surface area contributed by atoms with Gasteiger partial charge in [-0.25, -0.2) is 4.39 Å². The predicted octanol–water partition coefficient (Wildman–Crippen LogP) is 10.2. The van der Waals surface area contributed by atoms with Crippen LogP contribution in [0.15, 0.2) is 67.5 Å². The molecule has 0 aliphatic carbocycles. The van der Waals surface area contributed by atoms with Crippen LogP contribution in [0.1, 0.15) is 123 Å². The van der Waals surface area contributed by atoms with Crippen molar-refractivity contribution in [1.82, 2.24) is 20.9 Å². The minimum Gasteiger partial charge on any atom is -0.402 e. The fraction of sp³-hybridized carbons (Fsp3) is 0.561. The van der Waals surface area contributed by atoms with E-state index in [1.54, 1.807) is 6.07 Å². The minimum absolute atomic E-state index is 0.560. The van der Waals surface area contributed by atoms with Gasteiger partial charge in [-0.2, -0.15) is 0 Å². The average Bonchev–Trinajstić information content (AvgIpc) is 3.36. The van der Waals surface area contributed by atoms with Crippen molar-refractivity contribution in [3.63, 3.8) is 0 Å². The van der Waals surface area contributed by atoms with Crippen LogP contribution >= 0.6 is 0 Å². The molecule has 0 aromatic heterocycles. The van der Waals surface area contributed by atoms with Crippen LogP contribution < -0.4 is 21.7 Å². The number of nitrogens with two attached hydrogens (primary N) is 1. The van der Waals surface area contributed by atoms with Crippen molar-refractivity contribution in [3.05, 3.63) is 95.3 Å². The number of halogens is 1. The molecule has 2 atom stereocenters. The summed E-state index contributed by atoms with van der Waals surface area (Å²) in [4.78, 5) is 2.41. The lowest BCUT2D eigenvalue weighted by Gasteiger charge is -2.30. The maximum atomic E-state index is 13.7. The van der Waals surface area contributed by atoms with Gasteiger partial charge in [0, 0.05) is 41.1 Å². The molecule has 0 fully saturated rings. The van der Waals surface area contributed by atoms with Gasteiger partial charge < -0.3 is 26.6 Å². The van der Waals surface area contributed by atoms with Gasteiger partial charge in [0.15, 0.2) is 6.30 Å². The minimum atomic E-state index is -1.22. The Kier molecular flexibility index (Phi) is 25.4. The molecule has 0 spiro atoms. The summed E-state index contributed by atoms with van der Waals surface area (Å²) < 4.78 is 13.7. The van der Waals surface area contributed by atoms with Gasteiger partial charge in [-0.1, -0.05) is 111 Å². The van der Waals surface area contributed by atoms with Gasteiger partial charge >= 0.3 is 0 Å². The predicted molar refractivity (Wildman–Crippen MR) is 210 cm³/mol. The molecular weight excluding hydrogens is 581 g/mol. The van der Waals surface area contributed by atoms with Crippen LogP contribution in [0.3, 0.4) is 0 Å². The van der Waals surface area contributed by atoms with Gasteiger partial charge in [0.1, 0.15) is 0 Å². The number of fused-ring (bicyclic) bond motifs is 1. The fourth-order valence-corrected chi connectivity index (χ4v) is 4.64. The molecule has 3 rings (SSSR count). The average molecular weight is 654 g/mol. The van der Waals surface area contributed by atoms with E-state index in [4.69, 9.17) is 5.73 Å². The highest BCUT2D eigenvalue weighted by Crippen LogP contribution is 2.34. The zero-order chi connectivity index (χ0) is 36.7. The molecule has 5 N–H and O–H groups in total. The highest BCUT2D eigenvalue weighted by molar-refractivity contribution is 5.69. The molecule has 1 heterocycles. The Balaban J connectivity index is 0. The molecule has 1 aliphatic heterocycles. The normalized spacial score (nSPS) is 13.4. The molecule has 0 amide bonds. The Bertz CT molecular complexity index is 1150. The Morgan fingerprint density at radius 1 is 1.00 bits per heavy atom. The number of hydrogen-bond acceptors (Lipinski definition) is 5. The first-order valence-electron chi connectivity index (χ1n) is 17.5. The van der Waals surface area contributed by atoms with Crippen molar-refractivity contribution in [2.45, 2.75) is 121 Å². The molecule has 5 nitrogen and oxygen atoms in total. The van der Waals surface area contributed by atoms with E-state index in [1.165, 1.54) is 42.4 Å². The third-order valence-corrected chi connectivity index (χ3v) is 7.81. The summed E-state index contributed by atoms with van der Waals surface area (Å²) >= 11 is 0. The van der Waals surface area contributed by atoms with E-state index in [-0.39, 0.29) is 0 Å². The molecule has 0 saturated carbocycles. The van der Waals surface area contributed by atoms with Crippen molar-refractivity contribution in [2.75, 3.05) is 20.6 Å². The summed E-state index contributed by atoms with van der Waals surface area (Å²) in [5.41, 5.74) is 14.0. The van der Waals surface area contributed by atoms with Crippen LogP contribution in [0, 0.1) is 18.8 Å². The number of benzene rings is 2. The quantitative estimate of drug-likeness (QED) is 0.144. The maximum Gasteiger partial charge on any atom is 0.195 e. The summed E-state index contributed by atoms with van der Waals surface area (Å²) in [7, 11) is 3.75. The molecular formula is C41H72FN5. The number of hydrogen-bond donors (Lipinski definition) is 4. The van der Waals surface area contributed by atoms with Crippen LogP contribution in [0.2, 0.25) is 0 Å². The molecule has 0 radical (unpaired) electrons. The number of alkyl halides is 1. The number of nitrogens with zero attached hydrogens (tertiary/aromatic N) is 1. The standard InChI is InChI=1S/C14H19FN2.C14H19N.C9H21N.C2H7N.C2H6/c1-5-17-14(15)13-7-6-12(8-9(13)2)10(3)11(4)16;1-10(2)11(3)15-9-13-7-5-6-8-14(13)12(15)4;1-8(2)6-5-7-10-9(3)4;1-3-2;1-2/h5-8,14,17H,1,16H2,2-4H3;5-8,10-11H,4,9H2,1-3H3;8-10H,5-7H2,1-4H3;3H,1-2H3;1-2H3/b11-10+;;;;. The molecule has 0 saturated heterocycles. The smallest absolute Gasteiger partial charge is 0.195 e. The van der Waals surface area contributed by atoms with Gasteiger partial charge in [0.05, 0.1) is 0 Å². The topological polar surface area (TPSA) is 65.3 Å². The lowest BCUT2D eigenvalue weighted by molar-refractivity contribution is 0.256. The lowest BCUT2D eigenvalue weighted by atomic mass is 9.99. The molecule has 47 heavy (non-hydrogen) atoms. The van der Waals surface area contributed by atoms with E-state index < -0.39 is 6.30 Å². The van der Waals surface area contributed by atoms with Crippen molar-refractivity contribution in [2.24, 2.45) is 17.6 Å². The van der Waals surface area contributed by atoms with Crippen LogP contribution in [0.4, 0.5) is 4.39 Å². The van der Waals surface area contributed by atoms with E-state index in [9.17, 15) is 4.39 Å². The molecule has 2 unspecified atom stereocenters. The molecule has 1 aliphatic rings. The van der Waals surface area contributed by atoms with Crippen molar-refractivity contribution >= 4 is 11.3 Å². The summed E-state index contributed by atoms with van der Waals surface area (Å²) in [5, 5.41) is 8.69. The first-order valence-corrected chi connectivity index (χ1v) is 17.5. The number of rotatable bonds is 11. The lowest BCUT2D eigenvalue weighted by Crippen LogP contribution is -2.31. The van der Waals surface area contributed by atoms with E-state index in [0.29, 0.717) is 23.6 Å². The van der Waals surface area contributed by atoms with Gasteiger partial charge in [0.25, 0.3) is 0 Å². The first-order chi connectivity index (χ1) is 22.1. The van der Waals surface area contributed by atoms with E-state index in [0.717, 1.165) is 34.9 Å². The zero-order valence-corrected chi connectivity index (χ0v) is 32.7. The van der Waals surface area contributed by atoms with Gasteiger partial charge in [0.2, 0.25) is 0 Å². The summed E-state index contributed by atoms with van der Waals surface area (Å²) in [6, 6.07) is 15.4. The summed E-state index contributed by atoms with van der Waals surface area (Å²) in [6.45, 7) is 35.3. The third-order valence-electron chi connectivity index (χ3n) is 7.81. The van der Waals surface area contributed by atoms with Gasteiger partial charge in [-0.05, 0) is 101 Å². The van der Waals surface area contributed by atoms with Crippen LogP contribution in [0.25, 0.3) is 11.3 Å². The fourth-order valence-electron chi connectivity index (χ4n) is 4.64. The highest BCUT2D eigenvalue weighted by Gasteiger charge is 2.26. The van der Waals surface area contributed by atoms with Crippen molar-refractivity contribution < 1.29 is 4.39 Å². The van der Waals surface area contributed by atoms with Crippen LogP contribution in [0.5, 0.6) is 0 Å². The molecule has 0 bridgehead atoms. The van der Waals surface area contributed by atoms with Crippen molar-refractivity contribution in [3.8, 4) is 0 Å². The third kappa shape index (κ3) is 18.1. The van der Waals surface area contributed by atoms with Crippen LogP contribution in [-0.2, 0) is 6.54 Å². The largest absolute Gasteiger partial charge is 0.402 e. The Morgan fingerprint density at radius 3 is 2.02 bits per heavy atom. The second kappa shape index (κ2) is 25.9. The molecule has 6 heteroatoms. The van der Waals surface area contributed by atoms with E-state index in [2.05, 4.69) is 107 Å². The zero-order valence-electron chi connectivity index (χ0n) is 32.7. The Morgan fingerprint density at radius 2 is 1.57 bits per heavy atom. The summed E-state index contributed by atoms with van der Waals surface area (Å²) in [5.74, 6) is 1.52. The SMILES string of the molecule is C=C1c2ccccc2CN1C(C)C(C)C.C=CNC(F)c1ccc(/C(C)=C(\C)N)cc1C.CC.CC(C)CCCNC(C)C.CNC. The highest BCUT2D eigenvalue weighted by atomic mass is 19.1. The molecule has 2 aromatic carbocycles. The second-order valence-corrected chi connectivity index (χ2v) is 13.0. The summed E-state index contributed by atoms with van der Waals surface area (Å²) in [6.07, 6.45) is 2.80. The second-order valence-electron chi connectivity index (χ2n) is 13.0. The Hall–Kier alpha value is -3.09. The Labute approximate surface area is 290 Å². The van der Waals surface area contributed by atoms with E-state index >= 15 is 0 Å². The van der Waals surface area contributed by atoms with Crippen LogP contribution in [-0.4, -0.2) is 37.6 Å². The van der Waals surface area contributed by atoms with Gasteiger partial charge in [-0.15, -0.1) is 0 Å². The number of nitrogens with one attached hydrogen (secondary N) is 3. The monoisotopic (exact) mass is 654 g/mol. The maximum absolute atomic E-state index is 13.7.